The molecule has 5 heteroatoms. The monoisotopic (exact) mass is 816 g/mol. The van der Waals surface area contributed by atoms with Gasteiger partial charge in [0.2, 0.25) is 5.69 Å². The molecule has 1 atom stereocenters. The first-order chi connectivity index (χ1) is 30.9. The maximum absolute atomic E-state index is 5.35. The van der Waals surface area contributed by atoms with Crippen LogP contribution in [-0.4, -0.2) is 19.1 Å². The quantitative estimate of drug-likeness (QED) is 0.136. The summed E-state index contributed by atoms with van der Waals surface area (Å²) in [5.41, 5.74) is 16.8. The van der Waals surface area contributed by atoms with E-state index in [0.717, 1.165) is 86.6 Å². The number of benzene rings is 7. The molecule has 0 aliphatic carbocycles. The second-order valence-corrected chi connectivity index (χ2v) is 17.2. The van der Waals surface area contributed by atoms with Crippen molar-refractivity contribution in [3.63, 3.8) is 0 Å². The normalized spacial score (nSPS) is 15.4. The largest absolute Gasteiger partial charge is 0.292 e. The maximum atomic E-state index is 5.35. The minimum atomic E-state index is -0.0193. The van der Waals surface area contributed by atoms with Crippen molar-refractivity contribution in [3.8, 4) is 67.7 Å². The van der Waals surface area contributed by atoms with Crippen LogP contribution in [0, 0.1) is 0 Å². The zero-order valence-corrected chi connectivity index (χ0v) is 36.3. The Morgan fingerprint density at radius 2 is 0.937 bits per heavy atom. The fraction of sp³-hybridized carbons (Fsp3) is 0.155. The Balaban J connectivity index is 1.12. The first-order valence-corrected chi connectivity index (χ1v) is 22.4. The zero-order chi connectivity index (χ0) is 42.7. The van der Waals surface area contributed by atoms with Crippen molar-refractivity contribution in [3.05, 3.63) is 200 Å². The molecule has 0 spiro atoms. The third-order valence-electron chi connectivity index (χ3n) is 14.2. The number of aromatic nitrogens is 5. The average molecular weight is 817 g/mol. The summed E-state index contributed by atoms with van der Waals surface area (Å²) in [6, 6.07) is 67.8. The third-order valence-corrected chi connectivity index (χ3v) is 14.2. The molecular weight excluding hydrogens is 767 g/mol. The van der Waals surface area contributed by atoms with E-state index >= 15 is 0 Å². The molecule has 7 aromatic carbocycles. The van der Waals surface area contributed by atoms with E-state index in [0.29, 0.717) is 0 Å². The lowest BCUT2D eigenvalue weighted by Crippen LogP contribution is -2.68. The molecule has 0 saturated carbocycles. The van der Waals surface area contributed by atoms with Gasteiger partial charge in [-0.1, -0.05) is 112 Å². The van der Waals surface area contributed by atoms with E-state index in [1.54, 1.807) is 0 Å². The summed E-state index contributed by atoms with van der Waals surface area (Å²) in [6.07, 6.45) is 5.52. The van der Waals surface area contributed by atoms with Gasteiger partial charge in [-0.25, -0.2) is 9.97 Å². The number of rotatable bonds is 9. The molecule has 10 aromatic rings. The van der Waals surface area contributed by atoms with Crippen molar-refractivity contribution in [2.45, 2.75) is 57.9 Å². The molecule has 0 fully saturated rings. The van der Waals surface area contributed by atoms with Crippen LogP contribution in [0.4, 0.5) is 0 Å². The molecular formula is C58H50N5+. The van der Waals surface area contributed by atoms with Crippen molar-refractivity contribution >= 4 is 22.1 Å². The maximum Gasteiger partial charge on any atom is 0.213 e. The summed E-state index contributed by atoms with van der Waals surface area (Å²) in [7, 11) is 0. The molecule has 0 saturated heterocycles. The van der Waals surface area contributed by atoms with Crippen molar-refractivity contribution in [1.29, 1.82) is 0 Å². The van der Waals surface area contributed by atoms with Crippen LogP contribution < -0.4 is 4.57 Å². The van der Waals surface area contributed by atoms with E-state index in [1.165, 1.54) is 27.9 Å². The Labute approximate surface area is 369 Å². The van der Waals surface area contributed by atoms with E-state index in [9.17, 15) is 0 Å². The van der Waals surface area contributed by atoms with Gasteiger partial charge in [-0.05, 0) is 126 Å². The molecule has 11 rings (SSSR count). The van der Waals surface area contributed by atoms with E-state index in [-0.39, 0.29) is 11.0 Å². The fourth-order valence-corrected chi connectivity index (χ4v) is 10.9. The van der Waals surface area contributed by atoms with E-state index in [2.05, 4.69) is 236 Å². The fourth-order valence-electron chi connectivity index (χ4n) is 10.9. The minimum absolute atomic E-state index is 0.00233. The van der Waals surface area contributed by atoms with Crippen molar-refractivity contribution in [2.24, 2.45) is 0 Å². The highest BCUT2D eigenvalue weighted by Gasteiger charge is 2.58. The van der Waals surface area contributed by atoms with E-state index in [1.807, 2.05) is 0 Å². The first-order valence-electron chi connectivity index (χ1n) is 22.4. The second kappa shape index (κ2) is 15.2. The molecule has 63 heavy (non-hydrogen) atoms. The van der Waals surface area contributed by atoms with Crippen LogP contribution in [0.1, 0.15) is 52.5 Å². The van der Waals surface area contributed by atoms with Crippen LogP contribution in [0.2, 0.25) is 0 Å². The summed E-state index contributed by atoms with van der Waals surface area (Å²) in [5, 5.41) is 0. The number of nitrogens with zero attached hydrogens (tertiary/aromatic N) is 5. The number of para-hydroxylation sites is 6. The highest BCUT2D eigenvalue weighted by molar-refractivity contribution is 5.89. The molecule has 3 aromatic heterocycles. The first kappa shape index (κ1) is 38.5. The zero-order valence-electron chi connectivity index (χ0n) is 36.3. The summed E-state index contributed by atoms with van der Waals surface area (Å²) in [6.45, 7) is 9.58. The summed E-state index contributed by atoms with van der Waals surface area (Å²) in [4.78, 5) is 10.7. The topological polar surface area (TPSA) is 39.5 Å². The summed E-state index contributed by atoms with van der Waals surface area (Å²) in [5.74, 6) is 1.76. The van der Waals surface area contributed by atoms with Crippen LogP contribution >= 0.6 is 0 Å². The van der Waals surface area contributed by atoms with Crippen LogP contribution in [0.25, 0.3) is 89.7 Å². The number of fused-ring (bicyclic) bond motifs is 5. The van der Waals surface area contributed by atoms with Crippen molar-refractivity contribution in [1.82, 2.24) is 19.1 Å². The van der Waals surface area contributed by atoms with Gasteiger partial charge in [0.05, 0.1) is 33.0 Å². The van der Waals surface area contributed by atoms with Crippen molar-refractivity contribution < 1.29 is 4.57 Å². The predicted molar refractivity (Wildman–Crippen MR) is 259 cm³/mol. The van der Waals surface area contributed by atoms with Gasteiger partial charge in [-0.2, -0.15) is 4.57 Å². The van der Waals surface area contributed by atoms with Gasteiger partial charge in [0.15, 0.2) is 11.7 Å². The van der Waals surface area contributed by atoms with Crippen molar-refractivity contribution in [2.75, 3.05) is 0 Å². The summed E-state index contributed by atoms with van der Waals surface area (Å²) < 4.78 is 7.17. The molecule has 1 aliphatic rings. The van der Waals surface area contributed by atoms with E-state index < -0.39 is 0 Å². The smallest absolute Gasteiger partial charge is 0.213 e. The Morgan fingerprint density at radius 1 is 0.444 bits per heavy atom. The van der Waals surface area contributed by atoms with Gasteiger partial charge >= 0.3 is 0 Å². The van der Waals surface area contributed by atoms with Gasteiger partial charge in [-0.3, -0.25) is 9.13 Å². The molecule has 306 valence electrons. The molecule has 0 amide bonds. The minimum Gasteiger partial charge on any atom is -0.292 e. The lowest BCUT2D eigenvalue weighted by molar-refractivity contribution is -0.769. The number of pyridine rings is 1. The third kappa shape index (κ3) is 6.01. The van der Waals surface area contributed by atoms with Gasteiger partial charge in [0, 0.05) is 47.5 Å². The van der Waals surface area contributed by atoms with E-state index in [4.69, 9.17) is 9.97 Å². The molecule has 0 radical (unpaired) electrons. The highest BCUT2D eigenvalue weighted by Crippen LogP contribution is 2.52. The second-order valence-electron chi connectivity index (χ2n) is 17.2. The Morgan fingerprint density at radius 3 is 1.51 bits per heavy atom. The van der Waals surface area contributed by atoms with Crippen LogP contribution in [0.3, 0.4) is 0 Å². The molecule has 1 unspecified atom stereocenters. The molecule has 0 N–H and O–H groups in total. The number of imidazole rings is 2. The Hall–Kier alpha value is -7.37. The predicted octanol–water partition coefficient (Wildman–Crippen LogP) is 14.2. The molecule has 4 heterocycles. The standard InChI is InChI=1S/C58H50N5/c1-5-57(4)49-33-32-42(39-48(49)52-29-18-19-34-61(52)58(57,6-2)7-3)40-21-20-22-41(35-40)43-36-44(55-59-50-27-14-16-30-53(50)62(55)46-23-10-8-11-24-46)38-45(37-43)56-60-51-28-15-17-31-54(51)63(56)47-25-12-9-13-26-47/h8-39H,5-7H2,1-4H3/q+1. The molecule has 5 nitrogen and oxygen atoms in total. The van der Waals surface area contributed by atoms with Gasteiger partial charge in [0.1, 0.15) is 11.6 Å². The SMILES string of the molecule is CCC1(C)c2ccc(-c3cccc(-c4cc(-c5nc6ccccc6n5-c5ccccc5)cc(-c5nc6ccccc6n5-c5ccccc5)c4)c3)cc2-c2cccc[n+]2C1(CC)CC. The Bertz CT molecular complexity index is 3180. The highest BCUT2D eigenvalue weighted by atomic mass is 15.1. The van der Waals surface area contributed by atoms with Crippen LogP contribution in [-0.2, 0) is 11.0 Å². The van der Waals surface area contributed by atoms with Crippen LogP contribution in [0.15, 0.2) is 194 Å². The molecule has 1 aliphatic heterocycles. The van der Waals surface area contributed by atoms with Crippen LogP contribution in [0.5, 0.6) is 0 Å². The van der Waals surface area contributed by atoms with Gasteiger partial charge < -0.3 is 0 Å². The van der Waals surface area contributed by atoms with Gasteiger partial charge in [-0.15, -0.1) is 0 Å². The summed E-state index contributed by atoms with van der Waals surface area (Å²) >= 11 is 0. The molecule has 0 bridgehead atoms. The van der Waals surface area contributed by atoms with Gasteiger partial charge in [0.25, 0.3) is 0 Å². The Kier molecular flexibility index (Phi) is 9.31. The lowest BCUT2D eigenvalue weighted by atomic mass is 9.58. The lowest BCUT2D eigenvalue weighted by Gasteiger charge is -2.47. The number of hydrogen-bond acceptors (Lipinski definition) is 2. The average Bonchev–Trinajstić information content (AvgIpc) is 3.95. The number of hydrogen-bond donors (Lipinski definition) is 0.